The number of nitrogens with one attached hydrogen (secondary N) is 1. The van der Waals surface area contributed by atoms with E-state index in [1.165, 1.54) is 0 Å². The maximum Gasteiger partial charge on any atom is 0.261 e. The van der Waals surface area contributed by atoms with E-state index >= 15 is 0 Å². The maximum absolute atomic E-state index is 12.3. The Balaban J connectivity index is 1.97. The van der Waals surface area contributed by atoms with Crippen LogP contribution < -0.4 is 10.1 Å². The standard InChI is InChI=1S/C18H21NO2/c1-3-17(21-16-12-8-5-9-13-16)18(20)19-14(2)15-10-6-4-7-11-15/h4-14,17H,3H2,1-2H3,(H,19,20)/t14-,17+/m0/s1. The van der Waals surface area contributed by atoms with Crippen LogP contribution in [0, 0.1) is 0 Å². The molecule has 0 saturated heterocycles. The summed E-state index contributed by atoms with van der Waals surface area (Å²) in [5.74, 6) is 0.629. The van der Waals surface area contributed by atoms with Gasteiger partial charge in [0.05, 0.1) is 6.04 Å². The van der Waals surface area contributed by atoms with Gasteiger partial charge < -0.3 is 10.1 Å². The summed E-state index contributed by atoms with van der Waals surface area (Å²) < 4.78 is 5.75. The van der Waals surface area contributed by atoms with E-state index in [1.807, 2.05) is 74.5 Å². The lowest BCUT2D eigenvalue weighted by molar-refractivity contribution is -0.128. The van der Waals surface area contributed by atoms with Crippen LogP contribution in [0.3, 0.4) is 0 Å². The summed E-state index contributed by atoms with van der Waals surface area (Å²) in [5, 5.41) is 3.00. The molecule has 0 bridgehead atoms. The first-order chi connectivity index (χ1) is 10.2. The first kappa shape index (κ1) is 15.1. The summed E-state index contributed by atoms with van der Waals surface area (Å²) >= 11 is 0. The average molecular weight is 283 g/mol. The molecule has 2 rings (SSSR count). The van der Waals surface area contributed by atoms with Gasteiger partial charge in [-0.2, -0.15) is 0 Å². The van der Waals surface area contributed by atoms with Crippen LogP contribution in [0.5, 0.6) is 5.75 Å². The Morgan fingerprint density at radius 1 is 1.05 bits per heavy atom. The van der Waals surface area contributed by atoms with Crippen molar-refractivity contribution in [1.29, 1.82) is 0 Å². The molecule has 0 heterocycles. The Morgan fingerprint density at radius 2 is 1.62 bits per heavy atom. The molecule has 0 aliphatic carbocycles. The summed E-state index contributed by atoms with van der Waals surface area (Å²) in [6, 6.07) is 19.3. The Bertz CT molecular complexity index is 554. The van der Waals surface area contributed by atoms with Gasteiger partial charge in [-0.25, -0.2) is 0 Å². The summed E-state index contributed by atoms with van der Waals surface area (Å²) in [4.78, 5) is 12.3. The van der Waals surface area contributed by atoms with E-state index in [9.17, 15) is 4.79 Å². The quantitative estimate of drug-likeness (QED) is 0.877. The van der Waals surface area contributed by atoms with Gasteiger partial charge in [-0.3, -0.25) is 4.79 Å². The van der Waals surface area contributed by atoms with E-state index in [0.717, 1.165) is 5.56 Å². The van der Waals surface area contributed by atoms with Crippen molar-refractivity contribution >= 4 is 5.91 Å². The summed E-state index contributed by atoms with van der Waals surface area (Å²) in [7, 11) is 0. The van der Waals surface area contributed by atoms with Crippen molar-refractivity contribution in [3.8, 4) is 5.75 Å². The number of carbonyl (C=O) groups excluding carboxylic acids is 1. The number of hydrogen-bond acceptors (Lipinski definition) is 2. The van der Waals surface area contributed by atoms with E-state index in [2.05, 4.69) is 5.32 Å². The minimum atomic E-state index is -0.474. The molecule has 1 amide bonds. The lowest BCUT2D eigenvalue weighted by Gasteiger charge is -2.20. The Labute approximate surface area is 126 Å². The molecule has 0 aliphatic rings. The first-order valence-corrected chi connectivity index (χ1v) is 7.27. The van der Waals surface area contributed by atoms with E-state index in [4.69, 9.17) is 4.74 Å². The molecular formula is C18H21NO2. The molecule has 2 aromatic carbocycles. The molecule has 0 spiro atoms. The summed E-state index contributed by atoms with van der Waals surface area (Å²) in [6.45, 7) is 3.92. The third-order valence-corrected chi connectivity index (χ3v) is 3.34. The highest BCUT2D eigenvalue weighted by Gasteiger charge is 2.20. The SMILES string of the molecule is CC[C@@H](Oc1ccccc1)C(=O)N[C@@H](C)c1ccccc1. The van der Waals surface area contributed by atoms with Crippen molar-refractivity contribution in [1.82, 2.24) is 5.32 Å². The number of rotatable bonds is 6. The van der Waals surface area contributed by atoms with Crippen LogP contribution in [-0.4, -0.2) is 12.0 Å². The van der Waals surface area contributed by atoms with E-state index in [0.29, 0.717) is 12.2 Å². The Hall–Kier alpha value is -2.29. The zero-order valence-corrected chi connectivity index (χ0v) is 12.5. The topological polar surface area (TPSA) is 38.3 Å². The van der Waals surface area contributed by atoms with Gasteiger partial charge in [0.1, 0.15) is 5.75 Å². The highest BCUT2D eigenvalue weighted by atomic mass is 16.5. The van der Waals surface area contributed by atoms with Crippen molar-refractivity contribution in [2.75, 3.05) is 0 Å². The van der Waals surface area contributed by atoms with Gasteiger partial charge in [0.2, 0.25) is 0 Å². The average Bonchev–Trinajstić information content (AvgIpc) is 2.54. The second kappa shape index (κ2) is 7.48. The molecule has 0 aromatic heterocycles. The molecule has 0 saturated carbocycles. The largest absolute Gasteiger partial charge is 0.481 e. The minimum Gasteiger partial charge on any atom is -0.481 e. The smallest absolute Gasteiger partial charge is 0.261 e. The van der Waals surface area contributed by atoms with Gasteiger partial charge in [-0.1, -0.05) is 55.5 Å². The van der Waals surface area contributed by atoms with Crippen LogP contribution in [-0.2, 0) is 4.79 Å². The monoisotopic (exact) mass is 283 g/mol. The third kappa shape index (κ3) is 4.35. The number of para-hydroxylation sites is 1. The molecule has 0 aliphatic heterocycles. The normalized spacial score (nSPS) is 13.2. The summed E-state index contributed by atoms with van der Waals surface area (Å²) in [6.07, 6.45) is 0.154. The number of ether oxygens (including phenoxy) is 1. The van der Waals surface area contributed by atoms with Gasteiger partial charge in [-0.05, 0) is 31.0 Å². The molecule has 0 radical (unpaired) electrons. The maximum atomic E-state index is 12.3. The van der Waals surface area contributed by atoms with Gasteiger partial charge >= 0.3 is 0 Å². The van der Waals surface area contributed by atoms with Gasteiger partial charge in [0.15, 0.2) is 6.10 Å². The van der Waals surface area contributed by atoms with Crippen molar-refractivity contribution in [3.63, 3.8) is 0 Å². The predicted molar refractivity (Wildman–Crippen MR) is 84.1 cm³/mol. The Morgan fingerprint density at radius 3 is 2.19 bits per heavy atom. The number of carbonyl (C=O) groups is 1. The lowest BCUT2D eigenvalue weighted by atomic mass is 10.1. The van der Waals surface area contributed by atoms with Gasteiger partial charge in [0.25, 0.3) is 5.91 Å². The second-order valence-corrected chi connectivity index (χ2v) is 4.97. The van der Waals surface area contributed by atoms with Crippen LogP contribution in [0.2, 0.25) is 0 Å². The van der Waals surface area contributed by atoms with Gasteiger partial charge in [0, 0.05) is 0 Å². The molecule has 1 N–H and O–H groups in total. The number of amides is 1. The molecule has 3 nitrogen and oxygen atoms in total. The summed E-state index contributed by atoms with van der Waals surface area (Å²) in [5.41, 5.74) is 1.08. The van der Waals surface area contributed by atoms with Crippen molar-refractivity contribution < 1.29 is 9.53 Å². The molecule has 110 valence electrons. The fraction of sp³-hybridized carbons (Fsp3) is 0.278. The Kier molecular flexibility index (Phi) is 5.38. The lowest BCUT2D eigenvalue weighted by Crippen LogP contribution is -2.39. The number of benzene rings is 2. The molecule has 2 atom stereocenters. The second-order valence-electron chi connectivity index (χ2n) is 4.97. The molecule has 3 heteroatoms. The van der Waals surface area contributed by atoms with E-state index < -0.39 is 6.10 Å². The van der Waals surface area contributed by atoms with Crippen molar-refractivity contribution in [2.45, 2.75) is 32.4 Å². The third-order valence-electron chi connectivity index (χ3n) is 3.34. The molecule has 0 unspecified atom stereocenters. The fourth-order valence-electron chi connectivity index (χ4n) is 2.12. The zero-order valence-electron chi connectivity index (χ0n) is 12.5. The molecule has 21 heavy (non-hydrogen) atoms. The minimum absolute atomic E-state index is 0.0351. The molecule has 2 aromatic rings. The van der Waals surface area contributed by atoms with Crippen LogP contribution in [0.4, 0.5) is 0 Å². The number of hydrogen-bond donors (Lipinski definition) is 1. The highest BCUT2D eigenvalue weighted by molar-refractivity contribution is 5.81. The van der Waals surface area contributed by atoms with Crippen LogP contribution in [0.15, 0.2) is 60.7 Å². The molecular weight excluding hydrogens is 262 g/mol. The fourth-order valence-corrected chi connectivity index (χ4v) is 2.12. The van der Waals surface area contributed by atoms with Gasteiger partial charge in [-0.15, -0.1) is 0 Å². The predicted octanol–water partition coefficient (Wildman–Crippen LogP) is 3.72. The van der Waals surface area contributed by atoms with E-state index in [-0.39, 0.29) is 11.9 Å². The van der Waals surface area contributed by atoms with Crippen molar-refractivity contribution in [3.05, 3.63) is 66.2 Å². The highest BCUT2D eigenvalue weighted by Crippen LogP contribution is 2.15. The first-order valence-electron chi connectivity index (χ1n) is 7.27. The van der Waals surface area contributed by atoms with Crippen LogP contribution in [0.1, 0.15) is 31.9 Å². The molecule has 0 fully saturated rings. The van der Waals surface area contributed by atoms with Crippen molar-refractivity contribution in [2.24, 2.45) is 0 Å². The van der Waals surface area contributed by atoms with E-state index in [1.54, 1.807) is 0 Å². The van der Waals surface area contributed by atoms with Crippen LogP contribution >= 0.6 is 0 Å². The zero-order chi connectivity index (χ0) is 15.1. The van der Waals surface area contributed by atoms with Crippen LogP contribution in [0.25, 0.3) is 0 Å².